The van der Waals surface area contributed by atoms with Crippen LogP contribution in [0.3, 0.4) is 0 Å². The molecule has 0 saturated carbocycles. The summed E-state index contributed by atoms with van der Waals surface area (Å²) in [6.07, 6.45) is 2.55. The molecule has 0 aliphatic rings. The van der Waals surface area contributed by atoms with Gasteiger partial charge in [0.15, 0.2) is 0 Å². The second kappa shape index (κ2) is 6.66. The molecule has 1 aromatic heterocycles. The van der Waals surface area contributed by atoms with E-state index in [9.17, 15) is 0 Å². The van der Waals surface area contributed by atoms with Crippen LogP contribution in [0, 0.1) is 0 Å². The third kappa shape index (κ3) is 3.17. The summed E-state index contributed by atoms with van der Waals surface area (Å²) in [5.74, 6) is 0.873. The smallest absolute Gasteiger partial charge is 0.137 e. The van der Waals surface area contributed by atoms with Gasteiger partial charge in [0.1, 0.15) is 12.1 Å². The lowest BCUT2D eigenvalue weighted by Gasteiger charge is -2.08. The fraction of sp³-hybridized carbons (Fsp3) is 0.385. The molecule has 4 nitrogen and oxygen atoms in total. The standard InChI is InChI=1S/C13H16BrN3O/c1-2-18-8-4-7-15-13-10-5-3-6-11(14)12(10)16-9-17-13/h3,5-6,9H,2,4,7-8H2,1H3,(H,15,16,17). The number of halogens is 1. The Hall–Kier alpha value is -1.20. The van der Waals surface area contributed by atoms with E-state index in [2.05, 4.69) is 31.2 Å². The summed E-state index contributed by atoms with van der Waals surface area (Å²) in [7, 11) is 0. The van der Waals surface area contributed by atoms with E-state index in [4.69, 9.17) is 4.74 Å². The number of anilines is 1. The molecule has 0 bridgehead atoms. The van der Waals surface area contributed by atoms with E-state index >= 15 is 0 Å². The molecule has 0 atom stereocenters. The number of rotatable bonds is 6. The minimum absolute atomic E-state index is 0.767. The number of aromatic nitrogens is 2. The highest BCUT2D eigenvalue weighted by Gasteiger charge is 2.05. The topological polar surface area (TPSA) is 47.0 Å². The Labute approximate surface area is 115 Å². The van der Waals surface area contributed by atoms with Crippen LogP contribution in [-0.2, 0) is 4.74 Å². The van der Waals surface area contributed by atoms with Crippen LogP contribution in [0.1, 0.15) is 13.3 Å². The van der Waals surface area contributed by atoms with Crippen molar-refractivity contribution in [3.05, 3.63) is 29.0 Å². The van der Waals surface area contributed by atoms with Crippen molar-refractivity contribution in [3.63, 3.8) is 0 Å². The van der Waals surface area contributed by atoms with Gasteiger partial charge < -0.3 is 10.1 Å². The van der Waals surface area contributed by atoms with E-state index < -0.39 is 0 Å². The van der Waals surface area contributed by atoms with Gasteiger partial charge in [-0.15, -0.1) is 0 Å². The minimum Gasteiger partial charge on any atom is -0.382 e. The molecule has 5 heteroatoms. The van der Waals surface area contributed by atoms with Crippen molar-refractivity contribution >= 4 is 32.7 Å². The molecule has 96 valence electrons. The SMILES string of the molecule is CCOCCCNc1ncnc2c(Br)cccc12. The highest BCUT2D eigenvalue weighted by molar-refractivity contribution is 9.10. The number of nitrogens with zero attached hydrogens (tertiary/aromatic N) is 2. The van der Waals surface area contributed by atoms with Gasteiger partial charge in [0.2, 0.25) is 0 Å². The van der Waals surface area contributed by atoms with Crippen LogP contribution < -0.4 is 5.32 Å². The van der Waals surface area contributed by atoms with Crippen molar-refractivity contribution in [2.75, 3.05) is 25.1 Å². The summed E-state index contributed by atoms with van der Waals surface area (Å²) in [6, 6.07) is 5.99. The van der Waals surface area contributed by atoms with Gasteiger partial charge in [-0.25, -0.2) is 9.97 Å². The number of ether oxygens (including phenoxy) is 1. The number of hydrogen-bond donors (Lipinski definition) is 1. The summed E-state index contributed by atoms with van der Waals surface area (Å²) in [5.41, 5.74) is 0.930. The van der Waals surface area contributed by atoms with E-state index in [0.29, 0.717) is 0 Å². The number of para-hydroxylation sites is 1. The Morgan fingerprint density at radius 1 is 1.33 bits per heavy atom. The van der Waals surface area contributed by atoms with Crippen LogP contribution in [0.5, 0.6) is 0 Å². The summed E-state index contributed by atoms with van der Waals surface area (Å²) < 4.78 is 6.28. The minimum atomic E-state index is 0.767. The zero-order valence-electron chi connectivity index (χ0n) is 10.3. The summed E-state index contributed by atoms with van der Waals surface area (Å²) in [6.45, 7) is 4.39. The van der Waals surface area contributed by atoms with Crippen LogP contribution in [-0.4, -0.2) is 29.7 Å². The summed E-state index contributed by atoms with van der Waals surface area (Å²) in [4.78, 5) is 8.56. The maximum Gasteiger partial charge on any atom is 0.137 e. The van der Waals surface area contributed by atoms with Crippen LogP contribution >= 0.6 is 15.9 Å². The van der Waals surface area contributed by atoms with Crippen molar-refractivity contribution < 1.29 is 4.74 Å². The van der Waals surface area contributed by atoms with E-state index in [1.54, 1.807) is 6.33 Å². The van der Waals surface area contributed by atoms with Gasteiger partial charge in [0.25, 0.3) is 0 Å². The lowest BCUT2D eigenvalue weighted by molar-refractivity contribution is 0.147. The van der Waals surface area contributed by atoms with Gasteiger partial charge in [-0.2, -0.15) is 0 Å². The molecule has 0 radical (unpaired) electrons. The number of nitrogens with one attached hydrogen (secondary N) is 1. The molecule has 1 N–H and O–H groups in total. The fourth-order valence-electron chi connectivity index (χ4n) is 1.72. The molecule has 18 heavy (non-hydrogen) atoms. The van der Waals surface area contributed by atoms with Crippen LogP contribution in [0.25, 0.3) is 10.9 Å². The maximum atomic E-state index is 5.30. The number of fused-ring (bicyclic) bond motifs is 1. The highest BCUT2D eigenvalue weighted by Crippen LogP contribution is 2.25. The van der Waals surface area contributed by atoms with Crippen molar-refractivity contribution in [2.24, 2.45) is 0 Å². The van der Waals surface area contributed by atoms with Crippen molar-refractivity contribution in [1.29, 1.82) is 0 Å². The summed E-state index contributed by atoms with van der Waals surface area (Å²) >= 11 is 3.50. The van der Waals surface area contributed by atoms with E-state index in [0.717, 1.165) is 47.4 Å². The maximum absolute atomic E-state index is 5.30. The van der Waals surface area contributed by atoms with Gasteiger partial charge in [-0.3, -0.25) is 0 Å². The number of benzene rings is 1. The third-order valence-corrected chi connectivity index (χ3v) is 3.22. The van der Waals surface area contributed by atoms with E-state index in [1.165, 1.54) is 0 Å². The van der Waals surface area contributed by atoms with Gasteiger partial charge in [0, 0.05) is 29.6 Å². The molecular weight excluding hydrogens is 294 g/mol. The van der Waals surface area contributed by atoms with Crippen LogP contribution in [0.4, 0.5) is 5.82 Å². The van der Waals surface area contributed by atoms with Gasteiger partial charge in [-0.1, -0.05) is 6.07 Å². The molecule has 1 heterocycles. The number of hydrogen-bond acceptors (Lipinski definition) is 4. The largest absolute Gasteiger partial charge is 0.382 e. The first kappa shape index (κ1) is 13.2. The quantitative estimate of drug-likeness (QED) is 0.832. The second-order valence-electron chi connectivity index (χ2n) is 3.84. The highest BCUT2D eigenvalue weighted by atomic mass is 79.9. The predicted molar refractivity (Wildman–Crippen MR) is 76.8 cm³/mol. The Morgan fingerprint density at radius 2 is 2.22 bits per heavy atom. The molecule has 2 rings (SSSR count). The molecule has 1 aromatic carbocycles. The second-order valence-corrected chi connectivity index (χ2v) is 4.69. The monoisotopic (exact) mass is 309 g/mol. The van der Waals surface area contributed by atoms with Crippen molar-refractivity contribution in [2.45, 2.75) is 13.3 Å². The van der Waals surface area contributed by atoms with Gasteiger partial charge in [0.05, 0.1) is 5.52 Å². The molecule has 0 fully saturated rings. The Morgan fingerprint density at radius 3 is 3.06 bits per heavy atom. The molecule has 0 unspecified atom stereocenters. The molecule has 0 aliphatic heterocycles. The van der Waals surface area contributed by atoms with E-state index in [-0.39, 0.29) is 0 Å². The zero-order valence-corrected chi connectivity index (χ0v) is 11.9. The average Bonchev–Trinajstić information content (AvgIpc) is 2.39. The summed E-state index contributed by atoms with van der Waals surface area (Å²) in [5, 5.41) is 4.35. The Balaban J connectivity index is 2.07. The Bertz CT molecular complexity index is 519. The third-order valence-electron chi connectivity index (χ3n) is 2.58. The molecular formula is C13H16BrN3O. The van der Waals surface area contributed by atoms with Crippen molar-refractivity contribution in [1.82, 2.24) is 9.97 Å². The fourth-order valence-corrected chi connectivity index (χ4v) is 2.19. The van der Waals surface area contributed by atoms with Crippen LogP contribution in [0.2, 0.25) is 0 Å². The lowest BCUT2D eigenvalue weighted by Crippen LogP contribution is -2.07. The van der Waals surface area contributed by atoms with Crippen molar-refractivity contribution in [3.8, 4) is 0 Å². The molecule has 0 spiro atoms. The molecule has 0 aliphatic carbocycles. The zero-order chi connectivity index (χ0) is 12.8. The first-order valence-corrected chi connectivity index (χ1v) is 6.83. The normalized spacial score (nSPS) is 10.8. The Kier molecular flexibility index (Phi) is 4.90. The lowest BCUT2D eigenvalue weighted by atomic mass is 10.2. The molecule has 0 amide bonds. The van der Waals surface area contributed by atoms with Gasteiger partial charge in [-0.05, 0) is 41.4 Å². The predicted octanol–water partition coefficient (Wildman–Crippen LogP) is 3.23. The van der Waals surface area contributed by atoms with Gasteiger partial charge >= 0.3 is 0 Å². The molecule has 2 aromatic rings. The first-order chi connectivity index (χ1) is 8.83. The molecule has 0 saturated heterocycles. The first-order valence-electron chi connectivity index (χ1n) is 6.03. The van der Waals surface area contributed by atoms with E-state index in [1.807, 2.05) is 25.1 Å². The van der Waals surface area contributed by atoms with Crippen LogP contribution in [0.15, 0.2) is 29.0 Å². The average molecular weight is 310 g/mol.